The second-order valence-electron chi connectivity index (χ2n) is 9.81. The van der Waals surface area contributed by atoms with E-state index in [4.69, 9.17) is 9.84 Å². The third kappa shape index (κ3) is 5.82. The van der Waals surface area contributed by atoms with Gasteiger partial charge < -0.3 is 25.6 Å². The molecule has 1 aliphatic carbocycles. The van der Waals surface area contributed by atoms with Crippen molar-refractivity contribution in [3.63, 3.8) is 0 Å². The van der Waals surface area contributed by atoms with Gasteiger partial charge in [-0.3, -0.25) is 4.79 Å². The lowest BCUT2D eigenvalue weighted by molar-refractivity contribution is -0.147. The third-order valence-electron chi connectivity index (χ3n) is 6.63. The Morgan fingerprint density at radius 2 is 1.54 bits per heavy atom. The molecule has 2 aromatic carbocycles. The summed E-state index contributed by atoms with van der Waals surface area (Å²) in [6, 6.07) is 15.6. The second kappa shape index (κ2) is 10.9. The number of rotatable bonds is 10. The molecule has 0 radical (unpaired) electrons. The molecule has 188 valence electrons. The highest BCUT2D eigenvalue weighted by Crippen LogP contribution is 2.44. The Labute approximate surface area is 205 Å². The second-order valence-corrected chi connectivity index (χ2v) is 9.81. The Morgan fingerprint density at radius 3 is 2.06 bits per heavy atom. The predicted octanol–water partition coefficient (Wildman–Crippen LogP) is 3.53. The summed E-state index contributed by atoms with van der Waals surface area (Å²) in [4.78, 5) is 36.4. The molecule has 3 rings (SSSR count). The van der Waals surface area contributed by atoms with Crippen LogP contribution in [0.1, 0.15) is 51.2 Å². The zero-order chi connectivity index (χ0) is 25.8. The maximum atomic E-state index is 12.9. The fourth-order valence-electron chi connectivity index (χ4n) is 4.76. The van der Waals surface area contributed by atoms with E-state index in [0.29, 0.717) is 0 Å². The van der Waals surface area contributed by atoms with Gasteiger partial charge in [0.2, 0.25) is 5.91 Å². The van der Waals surface area contributed by atoms with Crippen molar-refractivity contribution in [2.75, 3.05) is 13.2 Å². The van der Waals surface area contributed by atoms with E-state index in [1.54, 1.807) is 13.8 Å². The summed E-state index contributed by atoms with van der Waals surface area (Å²) in [6.45, 7) is 7.40. The van der Waals surface area contributed by atoms with Gasteiger partial charge in [0.1, 0.15) is 6.61 Å². The molecule has 0 aliphatic heterocycles. The van der Waals surface area contributed by atoms with Crippen LogP contribution in [0.4, 0.5) is 4.79 Å². The quantitative estimate of drug-likeness (QED) is 0.411. The Kier molecular flexibility index (Phi) is 8.17. The highest BCUT2D eigenvalue weighted by molar-refractivity contribution is 5.84. The van der Waals surface area contributed by atoms with E-state index in [9.17, 15) is 19.5 Å². The van der Waals surface area contributed by atoms with E-state index in [-0.39, 0.29) is 37.3 Å². The number of hydrogen-bond acceptors (Lipinski definition) is 5. The standard InChI is InChI=1S/C27H34N2O6/c1-16(2)23(27(3,4)25(33)28-14-13-22(30)24(31)32)29-26(34)35-15-21-19-11-7-5-9-17(19)18-10-6-8-12-20(18)21/h5-12,16,21-23,30H,13-15H2,1-4H3,(H,28,33)(H,29,34)(H,31,32). The average molecular weight is 483 g/mol. The lowest BCUT2D eigenvalue weighted by Gasteiger charge is -2.36. The van der Waals surface area contributed by atoms with Crippen molar-refractivity contribution >= 4 is 18.0 Å². The molecule has 1 aliphatic rings. The largest absolute Gasteiger partial charge is 0.479 e. The first-order valence-corrected chi connectivity index (χ1v) is 11.8. The van der Waals surface area contributed by atoms with Gasteiger partial charge in [-0.05, 0) is 42.0 Å². The first-order valence-electron chi connectivity index (χ1n) is 11.8. The molecule has 2 aromatic rings. The molecule has 0 spiro atoms. The highest BCUT2D eigenvalue weighted by Gasteiger charge is 2.40. The minimum absolute atomic E-state index is 0.00545. The van der Waals surface area contributed by atoms with Gasteiger partial charge in [0.05, 0.1) is 5.41 Å². The van der Waals surface area contributed by atoms with Gasteiger partial charge in [-0.15, -0.1) is 0 Å². The molecule has 0 aromatic heterocycles. The number of ether oxygens (including phenoxy) is 1. The summed E-state index contributed by atoms with van der Waals surface area (Å²) < 4.78 is 5.65. The van der Waals surface area contributed by atoms with Crippen LogP contribution < -0.4 is 10.6 Å². The number of carbonyl (C=O) groups is 3. The first kappa shape index (κ1) is 26.2. The Morgan fingerprint density at radius 1 is 1.00 bits per heavy atom. The first-order chi connectivity index (χ1) is 16.5. The number of carbonyl (C=O) groups excluding carboxylic acids is 2. The van der Waals surface area contributed by atoms with Gasteiger partial charge in [-0.2, -0.15) is 0 Å². The molecular formula is C27H34N2O6. The van der Waals surface area contributed by atoms with Crippen molar-refractivity contribution < 1.29 is 29.3 Å². The molecule has 8 heteroatoms. The summed E-state index contributed by atoms with van der Waals surface area (Å²) in [7, 11) is 0. The van der Waals surface area contributed by atoms with Gasteiger partial charge in [0.25, 0.3) is 0 Å². The van der Waals surface area contributed by atoms with E-state index in [1.165, 1.54) is 0 Å². The topological polar surface area (TPSA) is 125 Å². The van der Waals surface area contributed by atoms with E-state index in [2.05, 4.69) is 22.8 Å². The number of aliphatic hydroxyl groups is 1. The van der Waals surface area contributed by atoms with E-state index >= 15 is 0 Å². The van der Waals surface area contributed by atoms with Crippen LogP contribution in [0, 0.1) is 11.3 Å². The van der Waals surface area contributed by atoms with Gasteiger partial charge in [-0.1, -0.05) is 62.4 Å². The fourth-order valence-corrected chi connectivity index (χ4v) is 4.76. The average Bonchev–Trinajstić information content (AvgIpc) is 3.14. The molecule has 0 saturated heterocycles. The number of benzene rings is 2. The van der Waals surface area contributed by atoms with Crippen LogP contribution >= 0.6 is 0 Å². The molecule has 2 amide bonds. The van der Waals surface area contributed by atoms with Crippen LogP contribution in [-0.2, 0) is 14.3 Å². The van der Waals surface area contributed by atoms with Crippen molar-refractivity contribution in [3.05, 3.63) is 59.7 Å². The van der Waals surface area contributed by atoms with E-state index in [1.807, 2.05) is 50.2 Å². The predicted molar refractivity (Wildman–Crippen MR) is 132 cm³/mol. The van der Waals surface area contributed by atoms with Gasteiger partial charge >= 0.3 is 12.1 Å². The maximum Gasteiger partial charge on any atom is 0.407 e. The summed E-state index contributed by atoms with van der Waals surface area (Å²) >= 11 is 0. The number of aliphatic hydroxyl groups excluding tert-OH is 1. The van der Waals surface area contributed by atoms with Crippen LogP contribution in [0.2, 0.25) is 0 Å². The van der Waals surface area contributed by atoms with E-state index < -0.39 is 29.6 Å². The molecule has 4 N–H and O–H groups in total. The number of carboxylic acid groups (broad SMARTS) is 1. The molecule has 0 saturated carbocycles. The zero-order valence-corrected chi connectivity index (χ0v) is 20.6. The Balaban J connectivity index is 1.63. The van der Waals surface area contributed by atoms with Gasteiger partial charge in [0, 0.05) is 24.9 Å². The smallest absolute Gasteiger partial charge is 0.407 e. The molecule has 2 atom stereocenters. The Bertz CT molecular complexity index is 1040. The number of aliphatic carboxylic acids is 1. The molecule has 2 unspecified atom stereocenters. The normalized spacial score (nSPS) is 14.6. The lowest BCUT2D eigenvalue weighted by atomic mass is 9.77. The summed E-state index contributed by atoms with van der Waals surface area (Å²) in [6.07, 6.45) is -2.26. The third-order valence-corrected chi connectivity index (χ3v) is 6.63. The molecule has 35 heavy (non-hydrogen) atoms. The molecular weight excluding hydrogens is 448 g/mol. The monoisotopic (exact) mass is 482 g/mol. The van der Waals surface area contributed by atoms with Crippen molar-refractivity contribution in [1.82, 2.24) is 10.6 Å². The number of alkyl carbamates (subject to hydrolysis) is 1. The summed E-state index contributed by atoms with van der Waals surface area (Å²) in [5.41, 5.74) is 3.51. The molecule has 0 heterocycles. The Hall–Kier alpha value is -3.39. The molecule has 8 nitrogen and oxygen atoms in total. The number of fused-ring (bicyclic) bond motifs is 3. The summed E-state index contributed by atoms with van der Waals surface area (Å²) in [5.74, 6) is -1.84. The van der Waals surface area contributed by atoms with Crippen LogP contribution in [-0.4, -0.2) is 53.5 Å². The molecule has 0 fully saturated rings. The van der Waals surface area contributed by atoms with Crippen LogP contribution in [0.15, 0.2) is 48.5 Å². The number of carboxylic acids is 1. The van der Waals surface area contributed by atoms with Gasteiger partial charge in [0.15, 0.2) is 6.10 Å². The SMILES string of the molecule is CC(C)C(NC(=O)OCC1c2ccccc2-c2ccccc21)C(C)(C)C(=O)NCCC(O)C(=O)O. The lowest BCUT2D eigenvalue weighted by Crippen LogP contribution is -2.55. The van der Waals surface area contributed by atoms with Crippen molar-refractivity contribution in [2.45, 2.75) is 52.2 Å². The number of nitrogens with one attached hydrogen (secondary N) is 2. The minimum Gasteiger partial charge on any atom is -0.479 e. The minimum atomic E-state index is -1.54. The van der Waals surface area contributed by atoms with E-state index in [0.717, 1.165) is 22.3 Å². The van der Waals surface area contributed by atoms with Crippen molar-refractivity contribution in [3.8, 4) is 11.1 Å². The fraction of sp³-hybridized carbons (Fsp3) is 0.444. The summed E-state index contributed by atoms with van der Waals surface area (Å²) in [5, 5.41) is 23.7. The van der Waals surface area contributed by atoms with Crippen molar-refractivity contribution in [1.29, 1.82) is 0 Å². The van der Waals surface area contributed by atoms with Crippen LogP contribution in [0.25, 0.3) is 11.1 Å². The molecule has 0 bridgehead atoms. The number of amides is 2. The van der Waals surface area contributed by atoms with Gasteiger partial charge in [-0.25, -0.2) is 9.59 Å². The highest BCUT2D eigenvalue weighted by atomic mass is 16.5. The number of hydrogen-bond donors (Lipinski definition) is 4. The van der Waals surface area contributed by atoms with Crippen molar-refractivity contribution in [2.24, 2.45) is 11.3 Å². The maximum absolute atomic E-state index is 12.9. The van der Waals surface area contributed by atoms with Crippen LogP contribution in [0.3, 0.4) is 0 Å². The van der Waals surface area contributed by atoms with Crippen LogP contribution in [0.5, 0.6) is 0 Å². The zero-order valence-electron chi connectivity index (χ0n) is 20.6.